The highest BCUT2D eigenvalue weighted by atomic mass is 16.4. The Morgan fingerprint density at radius 3 is 2.41 bits per heavy atom. The number of aliphatic carboxylic acids is 1. The number of phenolic OH excluding ortho intramolecular Hbond substituents is 1. The fourth-order valence-corrected chi connectivity index (χ4v) is 3.43. The van der Waals surface area contributed by atoms with E-state index in [9.17, 15) is 19.8 Å². The van der Waals surface area contributed by atoms with Crippen molar-refractivity contribution in [2.45, 2.75) is 26.2 Å². The van der Waals surface area contributed by atoms with Crippen molar-refractivity contribution in [2.75, 3.05) is 24.5 Å². The summed E-state index contributed by atoms with van der Waals surface area (Å²) in [4.78, 5) is 33.5. The highest BCUT2D eigenvalue weighted by Crippen LogP contribution is 2.27. The molecule has 0 atom stereocenters. The van der Waals surface area contributed by atoms with Crippen molar-refractivity contribution in [3.8, 4) is 11.5 Å². The number of benzene rings is 1. The number of hydrogen-bond acceptors (Lipinski definition) is 7. The molecule has 154 valence electrons. The van der Waals surface area contributed by atoms with Gasteiger partial charge in [0.05, 0.1) is 5.69 Å². The number of nitrogens with one attached hydrogen (secondary N) is 1. The monoisotopic (exact) mass is 400 g/mol. The van der Waals surface area contributed by atoms with Crippen molar-refractivity contribution in [1.29, 1.82) is 0 Å². The van der Waals surface area contributed by atoms with Crippen molar-refractivity contribution in [3.05, 3.63) is 41.5 Å². The van der Waals surface area contributed by atoms with Crippen LogP contribution in [0.3, 0.4) is 0 Å². The highest BCUT2D eigenvalue weighted by molar-refractivity contribution is 5.96. The standard InChI is InChI=1S/C20H24N4O5/c1-12-19(28)18(20(29)21-11-17(26)27)23-16(22-12)10-13-6-8-24(9-7-13)14-2-4-15(25)5-3-14/h2-5,13,25,28H,6-11H2,1H3,(H,21,29)(H,26,27). The maximum Gasteiger partial charge on any atom is 0.322 e. The fourth-order valence-electron chi connectivity index (χ4n) is 3.43. The van der Waals surface area contributed by atoms with Gasteiger partial charge in [-0.05, 0) is 49.9 Å². The predicted octanol–water partition coefficient (Wildman–Crippen LogP) is 1.47. The first kappa shape index (κ1) is 20.4. The number of carboxylic acids is 1. The summed E-state index contributed by atoms with van der Waals surface area (Å²) in [7, 11) is 0. The molecule has 1 aromatic carbocycles. The van der Waals surface area contributed by atoms with Crippen LogP contribution in [-0.2, 0) is 11.2 Å². The molecule has 0 unspecified atom stereocenters. The molecule has 0 saturated carbocycles. The lowest BCUT2D eigenvalue weighted by Crippen LogP contribution is -2.34. The molecule has 0 spiro atoms. The number of amides is 1. The van der Waals surface area contributed by atoms with E-state index in [1.807, 2.05) is 12.1 Å². The Labute approximate surface area is 168 Å². The van der Waals surface area contributed by atoms with Crippen LogP contribution in [-0.4, -0.2) is 56.8 Å². The molecular weight excluding hydrogens is 376 g/mol. The number of aromatic nitrogens is 2. The second-order valence-electron chi connectivity index (χ2n) is 7.15. The van der Waals surface area contributed by atoms with Crippen LogP contribution in [0.15, 0.2) is 24.3 Å². The van der Waals surface area contributed by atoms with Gasteiger partial charge in [-0.1, -0.05) is 0 Å². The van der Waals surface area contributed by atoms with E-state index >= 15 is 0 Å². The molecule has 3 rings (SSSR count). The lowest BCUT2D eigenvalue weighted by atomic mass is 9.93. The van der Waals surface area contributed by atoms with E-state index in [4.69, 9.17) is 5.11 Å². The van der Waals surface area contributed by atoms with Gasteiger partial charge in [0, 0.05) is 25.2 Å². The second kappa shape index (κ2) is 8.76. The van der Waals surface area contributed by atoms with Crippen molar-refractivity contribution in [1.82, 2.24) is 15.3 Å². The van der Waals surface area contributed by atoms with Gasteiger partial charge in [-0.15, -0.1) is 0 Å². The first-order valence-corrected chi connectivity index (χ1v) is 9.44. The van der Waals surface area contributed by atoms with Gasteiger partial charge in [0.15, 0.2) is 11.4 Å². The van der Waals surface area contributed by atoms with E-state index in [1.165, 1.54) is 0 Å². The average molecular weight is 400 g/mol. The van der Waals surface area contributed by atoms with E-state index in [0.717, 1.165) is 31.6 Å². The Kier molecular flexibility index (Phi) is 6.16. The molecule has 1 fully saturated rings. The van der Waals surface area contributed by atoms with Crippen molar-refractivity contribution in [3.63, 3.8) is 0 Å². The van der Waals surface area contributed by atoms with Crippen LogP contribution < -0.4 is 10.2 Å². The molecule has 1 aromatic heterocycles. The minimum atomic E-state index is -1.18. The van der Waals surface area contributed by atoms with Crippen LogP contribution in [0.25, 0.3) is 0 Å². The molecule has 2 heterocycles. The number of anilines is 1. The predicted molar refractivity (Wildman–Crippen MR) is 105 cm³/mol. The summed E-state index contributed by atoms with van der Waals surface area (Å²) < 4.78 is 0. The SMILES string of the molecule is Cc1nc(CC2CCN(c3ccc(O)cc3)CC2)nc(C(=O)NCC(=O)O)c1O. The number of rotatable bonds is 6. The number of aromatic hydroxyl groups is 2. The van der Waals surface area contributed by atoms with Gasteiger partial charge in [-0.25, -0.2) is 9.97 Å². The zero-order valence-electron chi connectivity index (χ0n) is 16.1. The number of nitrogens with zero attached hydrogens (tertiary/aromatic N) is 3. The third kappa shape index (κ3) is 5.13. The second-order valence-corrected chi connectivity index (χ2v) is 7.15. The maximum absolute atomic E-state index is 12.1. The van der Waals surface area contributed by atoms with E-state index in [1.54, 1.807) is 19.1 Å². The molecule has 9 nitrogen and oxygen atoms in total. The topological polar surface area (TPSA) is 136 Å². The quantitative estimate of drug-likeness (QED) is 0.572. The van der Waals surface area contributed by atoms with E-state index in [-0.39, 0.29) is 22.9 Å². The molecule has 0 bridgehead atoms. The summed E-state index contributed by atoms with van der Waals surface area (Å²) in [5.41, 5.74) is 1.16. The number of carbonyl (C=O) groups excluding carboxylic acids is 1. The Morgan fingerprint density at radius 2 is 1.79 bits per heavy atom. The zero-order chi connectivity index (χ0) is 21.0. The van der Waals surface area contributed by atoms with Crippen LogP contribution >= 0.6 is 0 Å². The molecule has 0 aliphatic carbocycles. The van der Waals surface area contributed by atoms with E-state index in [0.29, 0.717) is 18.2 Å². The minimum absolute atomic E-state index is 0.199. The number of hydrogen-bond donors (Lipinski definition) is 4. The number of piperidine rings is 1. The van der Waals surface area contributed by atoms with Gasteiger partial charge in [-0.2, -0.15) is 0 Å². The number of phenols is 1. The van der Waals surface area contributed by atoms with Crippen LogP contribution in [0.4, 0.5) is 5.69 Å². The number of aryl methyl sites for hydroxylation is 1. The number of carbonyl (C=O) groups is 2. The van der Waals surface area contributed by atoms with E-state index in [2.05, 4.69) is 20.2 Å². The summed E-state index contributed by atoms with van der Waals surface area (Å²) in [6, 6.07) is 7.13. The molecule has 29 heavy (non-hydrogen) atoms. The molecule has 4 N–H and O–H groups in total. The first-order valence-electron chi connectivity index (χ1n) is 9.44. The molecule has 1 amide bonds. The van der Waals surface area contributed by atoms with Gasteiger partial charge in [-0.3, -0.25) is 9.59 Å². The number of carboxylic acid groups (broad SMARTS) is 1. The van der Waals surface area contributed by atoms with Crippen molar-refractivity contribution >= 4 is 17.6 Å². The van der Waals surface area contributed by atoms with E-state index < -0.39 is 18.4 Å². The molecule has 1 saturated heterocycles. The smallest absolute Gasteiger partial charge is 0.322 e. The molecule has 1 aliphatic rings. The summed E-state index contributed by atoms with van der Waals surface area (Å²) in [5, 5.41) is 30.4. The highest BCUT2D eigenvalue weighted by Gasteiger charge is 2.23. The summed E-state index contributed by atoms with van der Waals surface area (Å²) in [6.07, 6.45) is 2.42. The molecule has 2 aromatic rings. The molecule has 1 aliphatic heterocycles. The lowest BCUT2D eigenvalue weighted by molar-refractivity contribution is -0.135. The van der Waals surface area contributed by atoms with Crippen LogP contribution in [0, 0.1) is 12.8 Å². The van der Waals surface area contributed by atoms with Gasteiger partial charge in [0.2, 0.25) is 0 Å². The van der Waals surface area contributed by atoms with Crippen molar-refractivity contribution < 1.29 is 24.9 Å². The van der Waals surface area contributed by atoms with Crippen LogP contribution in [0.5, 0.6) is 11.5 Å². The Bertz CT molecular complexity index is 892. The van der Waals surface area contributed by atoms with Gasteiger partial charge < -0.3 is 25.5 Å². The normalized spacial score (nSPS) is 14.6. The molecular formula is C20H24N4O5. The Balaban J connectivity index is 1.64. The lowest BCUT2D eigenvalue weighted by Gasteiger charge is -2.33. The van der Waals surface area contributed by atoms with Crippen molar-refractivity contribution in [2.24, 2.45) is 5.92 Å². The van der Waals surface area contributed by atoms with Crippen LogP contribution in [0.2, 0.25) is 0 Å². The molecule has 9 heteroatoms. The maximum atomic E-state index is 12.1. The summed E-state index contributed by atoms with van der Waals surface area (Å²) in [6.45, 7) is 2.76. The fraction of sp³-hybridized carbons (Fsp3) is 0.400. The average Bonchev–Trinajstić information content (AvgIpc) is 2.70. The first-order chi connectivity index (χ1) is 13.8. The van der Waals surface area contributed by atoms with Gasteiger partial charge in [0.25, 0.3) is 5.91 Å². The third-order valence-corrected chi connectivity index (χ3v) is 5.02. The summed E-state index contributed by atoms with van der Waals surface area (Å²) in [5.74, 6) is -1.21. The zero-order valence-corrected chi connectivity index (χ0v) is 16.1. The Hall–Kier alpha value is -3.36. The third-order valence-electron chi connectivity index (χ3n) is 5.02. The van der Waals surface area contributed by atoms with Crippen LogP contribution in [0.1, 0.15) is 34.8 Å². The minimum Gasteiger partial charge on any atom is -0.508 e. The van der Waals surface area contributed by atoms with Gasteiger partial charge in [0.1, 0.15) is 18.1 Å². The largest absolute Gasteiger partial charge is 0.508 e. The molecule has 0 radical (unpaired) electrons. The van der Waals surface area contributed by atoms with Gasteiger partial charge >= 0.3 is 5.97 Å². The summed E-state index contributed by atoms with van der Waals surface area (Å²) >= 11 is 0. The Morgan fingerprint density at radius 1 is 1.14 bits per heavy atom.